The molecule has 2 N–H and O–H groups in total. The van der Waals surface area contributed by atoms with E-state index < -0.39 is 23.8 Å². The molecule has 3 aromatic carbocycles. The Bertz CT molecular complexity index is 1620. The average molecular weight is 680 g/mol. The summed E-state index contributed by atoms with van der Waals surface area (Å²) in [6.45, 7) is 9.69. The standard InChI is InChI=1S/C33H35BrN4O5S/c1-20-9-7-10-21(2)29(20)26-18-28(36-31(35-26)37-44-25-12-8-11-23(17-25)30(39)40)42-27(22-13-15-24(34)16-14-22)19-38(6)32(41)43-33(3,4)5/h7-18,27H,19H2,1-6H3,(H,39,40)(H,35,36,37). The predicted octanol–water partition coefficient (Wildman–Crippen LogP) is 8.33. The van der Waals surface area contributed by atoms with E-state index in [1.165, 1.54) is 22.9 Å². The fraction of sp³-hybridized carbons (Fsp3) is 0.273. The van der Waals surface area contributed by atoms with Crippen molar-refractivity contribution in [1.82, 2.24) is 14.9 Å². The summed E-state index contributed by atoms with van der Waals surface area (Å²) in [5.41, 5.74) is 4.06. The Labute approximate surface area is 270 Å². The van der Waals surface area contributed by atoms with Crippen LogP contribution < -0.4 is 9.46 Å². The summed E-state index contributed by atoms with van der Waals surface area (Å²) in [5, 5.41) is 9.38. The fourth-order valence-corrected chi connectivity index (χ4v) is 5.27. The molecule has 11 heteroatoms. The van der Waals surface area contributed by atoms with Gasteiger partial charge in [0.15, 0.2) is 0 Å². The Balaban J connectivity index is 1.71. The summed E-state index contributed by atoms with van der Waals surface area (Å²) in [7, 11) is 1.67. The molecule has 0 saturated carbocycles. The molecule has 1 unspecified atom stereocenters. The number of carbonyl (C=O) groups excluding carboxylic acids is 1. The number of amides is 1. The van der Waals surface area contributed by atoms with Crippen LogP contribution in [-0.2, 0) is 4.74 Å². The van der Waals surface area contributed by atoms with E-state index in [2.05, 4.69) is 25.6 Å². The van der Waals surface area contributed by atoms with E-state index in [-0.39, 0.29) is 18.1 Å². The minimum atomic E-state index is -1.01. The Morgan fingerprint density at radius 1 is 1.00 bits per heavy atom. The van der Waals surface area contributed by atoms with Crippen LogP contribution in [0.4, 0.5) is 10.7 Å². The van der Waals surface area contributed by atoms with Crippen molar-refractivity contribution in [3.63, 3.8) is 0 Å². The first-order valence-corrected chi connectivity index (χ1v) is 15.5. The van der Waals surface area contributed by atoms with Gasteiger partial charge in [0, 0.05) is 28.0 Å². The van der Waals surface area contributed by atoms with Crippen molar-refractivity contribution in [1.29, 1.82) is 0 Å². The second-order valence-electron chi connectivity index (χ2n) is 11.2. The number of likely N-dealkylation sites (N-methyl/N-ethyl adjacent to an activating group) is 1. The number of carboxylic acid groups (broad SMARTS) is 1. The molecule has 0 saturated heterocycles. The number of carbonyl (C=O) groups is 2. The molecule has 44 heavy (non-hydrogen) atoms. The molecule has 0 aliphatic carbocycles. The van der Waals surface area contributed by atoms with Gasteiger partial charge < -0.3 is 19.5 Å². The van der Waals surface area contributed by atoms with Crippen molar-refractivity contribution in [3.8, 4) is 17.1 Å². The zero-order chi connectivity index (χ0) is 32.0. The van der Waals surface area contributed by atoms with Gasteiger partial charge in [0.2, 0.25) is 11.8 Å². The number of nitrogens with one attached hydrogen (secondary N) is 1. The summed E-state index contributed by atoms with van der Waals surface area (Å²) < 4.78 is 16.2. The molecule has 1 aromatic heterocycles. The number of anilines is 1. The number of hydrogen-bond acceptors (Lipinski definition) is 8. The summed E-state index contributed by atoms with van der Waals surface area (Å²) in [5.74, 6) is -0.432. The first-order chi connectivity index (χ1) is 20.8. The molecule has 0 spiro atoms. The number of halogens is 1. The van der Waals surface area contributed by atoms with Crippen LogP contribution in [0.25, 0.3) is 11.3 Å². The molecule has 0 aliphatic heterocycles. The molecule has 4 aromatic rings. The smallest absolute Gasteiger partial charge is 0.410 e. The van der Waals surface area contributed by atoms with Gasteiger partial charge in [-0.3, -0.25) is 4.72 Å². The van der Waals surface area contributed by atoms with Crippen LogP contribution in [0.2, 0.25) is 0 Å². The van der Waals surface area contributed by atoms with Crippen LogP contribution in [0.5, 0.6) is 5.88 Å². The maximum absolute atomic E-state index is 12.9. The highest BCUT2D eigenvalue weighted by molar-refractivity contribution is 9.10. The van der Waals surface area contributed by atoms with Gasteiger partial charge in [0.1, 0.15) is 11.7 Å². The number of rotatable bonds is 10. The third-order valence-corrected chi connectivity index (χ3v) is 7.73. The molecule has 230 valence electrons. The number of aromatic carboxylic acids is 1. The summed E-state index contributed by atoms with van der Waals surface area (Å²) in [6, 6.07) is 22.1. The lowest BCUT2D eigenvalue weighted by Gasteiger charge is -2.28. The van der Waals surface area contributed by atoms with E-state index in [0.29, 0.717) is 16.5 Å². The summed E-state index contributed by atoms with van der Waals surface area (Å²) in [4.78, 5) is 35.9. The zero-order valence-corrected chi connectivity index (χ0v) is 27.8. The van der Waals surface area contributed by atoms with E-state index in [9.17, 15) is 14.7 Å². The van der Waals surface area contributed by atoms with Crippen molar-refractivity contribution in [2.45, 2.75) is 51.2 Å². The SMILES string of the molecule is Cc1cccc(C)c1-c1cc(OC(CN(C)C(=O)OC(C)(C)C)c2ccc(Br)cc2)nc(NSc2cccc(C(=O)O)c2)n1. The van der Waals surface area contributed by atoms with Crippen molar-refractivity contribution >= 4 is 45.9 Å². The maximum Gasteiger partial charge on any atom is 0.410 e. The molecule has 9 nitrogen and oxygen atoms in total. The minimum absolute atomic E-state index is 0.178. The van der Waals surface area contributed by atoms with Crippen molar-refractivity contribution in [3.05, 3.63) is 99.5 Å². The second kappa shape index (κ2) is 14.1. The maximum atomic E-state index is 12.9. The third-order valence-electron chi connectivity index (χ3n) is 6.43. The highest BCUT2D eigenvalue weighted by atomic mass is 79.9. The van der Waals surface area contributed by atoms with E-state index >= 15 is 0 Å². The first-order valence-electron chi connectivity index (χ1n) is 13.9. The van der Waals surface area contributed by atoms with Gasteiger partial charge in [-0.2, -0.15) is 4.98 Å². The normalized spacial score (nSPS) is 11.9. The summed E-state index contributed by atoms with van der Waals surface area (Å²) in [6.07, 6.45) is -1.06. The lowest BCUT2D eigenvalue weighted by molar-refractivity contribution is 0.0223. The van der Waals surface area contributed by atoms with Crippen LogP contribution >= 0.6 is 27.9 Å². The van der Waals surface area contributed by atoms with Gasteiger partial charge >= 0.3 is 12.1 Å². The second-order valence-corrected chi connectivity index (χ2v) is 13.0. The number of carboxylic acids is 1. The van der Waals surface area contributed by atoms with E-state index in [1.54, 1.807) is 31.3 Å². The van der Waals surface area contributed by atoms with Crippen molar-refractivity contribution in [2.24, 2.45) is 0 Å². The van der Waals surface area contributed by atoms with Gasteiger partial charge in [-0.05, 0) is 93.6 Å². The van der Waals surface area contributed by atoms with Crippen LogP contribution in [0.3, 0.4) is 0 Å². The van der Waals surface area contributed by atoms with Crippen LogP contribution in [0.1, 0.15) is 53.9 Å². The number of benzene rings is 3. The quantitative estimate of drug-likeness (QED) is 0.160. The molecule has 1 heterocycles. The molecule has 1 amide bonds. The molecule has 4 rings (SSSR count). The van der Waals surface area contributed by atoms with Gasteiger partial charge in [0.25, 0.3) is 0 Å². The van der Waals surface area contributed by atoms with Crippen molar-refractivity contribution in [2.75, 3.05) is 18.3 Å². The molecule has 0 bridgehead atoms. The zero-order valence-electron chi connectivity index (χ0n) is 25.4. The van der Waals surface area contributed by atoms with E-state index in [4.69, 9.17) is 14.5 Å². The Kier molecular flexibility index (Phi) is 10.5. The first kappa shape index (κ1) is 32.8. The predicted molar refractivity (Wildman–Crippen MR) is 176 cm³/mol. The van der Waals surface area contributed by atoms with Gasteiger partial charge in [-0.15, -0.1) is 0 Å². The topological polar surface area (TPSA) is 114 Å². The van der Waals surface area contributed by atoms with Crippen LogP contribution in [-0.4, -0.2) is 51.2 Å². The molecule has 0 radical (unpaired) electrons. The van der Waals surface area contributed by atoms with Gasteiger partial charge in [-0.1, -0.05) is 52.3 Å². The average Bonchev–Trinajstić information content (AvgIpc) is 2.95. The third kappa shape index (κ3) is 8.96. The lowest BCUT2D eigenvalue weighted by atomic mass is 10.00. The van der Waals surface area contributed by atoms with Crippen LogP contribution in [0, 0.1) is 13.8 Å². The molecule has 0 fully saturated rings. The fourth-order valence-electron chi connectivity index (χ4n) is 4.37. The molecular formula is C33H35BrN4O5S. The van der Waals surface area contributed by atoms with Gasteiger partial charge in [-0.25, -0.2) is 14.6 Å². The largest absolute Gasteiger partial charge is 0.478 e. The highest BCUT2D eigenvalue weighted by Crippen LogP contribution is 2.32. The van der Waals surface area contributed by atoms with Crippen LogP contribution in [0.15, 0.2) is 82.2 Å². The monoisotopic (exact) mass is 678 g/mol. The van der Waals surface area contributed by atoms with E-state index in [1.807, 2.05) is 77.1 Å². The molecular weight excluding hydrogens is 644 g/mol. The number of aryl methyl sites for hydroxylation is 2. The number of nitrogens with zero attached hydrogens (tertiary/aromatic N) is 3. The number of hydrogen-bond donors (Lipinski definition) is 2. The van der Waals surface area contributed by atoms with Crippen molar-refractivity contribution < 1.29 is 24.2 Å². The van der Waals surface area contributed by atoms with E-state index in [0.717, 1.165) is 26.7 Å². The Morgan fingerprint density at radius 2 is 1.66 bits per heavy atom. The Hall–Kier alpha value is -4.09. The lowest BCUT2D eigenvalue weighted by Crippen LogP contribution is -2.37. The molecule has 1 atom stereocenters. The molecule has 0 aliphatic rings. The Morgan fingerprint density at radius 3 is 2.30 bits per heavy atom. The minimum Gasteiger partial charge on any atom is -0.478 e. The number of ether oxygens (including phenoxy) is 2. The highest BCUT2D eigenvalue weighted by Gasteiger charge is 2.25. The number of aromatic nitrogens is 2. The van der Waals surface area contributed by atoms with Gasteiger partial charge in [0.05, 0.1) is 17.8 Å². The summed E-state index contributed by atoms with van der Waals surface area (Å²) >= 11 is 4.68.